The lowest BCUT2D eigenvalue weighted by atomic mass is 9.97. The van der Waals surface area contributed by atoms with E-state index in [1.54, 1.807) is 11.3 Å². The molecule has 2 heterocycles. The summed E-state index contributed by atoms with van der Waals surface area (Å²) in [6, 6.07) is -1.23. The van der Waals surface area contributed by atoms with Crippen LogP contribution in [0.15, 0.2) is 5.16 Å². The SMILES string of the molecule is CSc1nc(NC(CC(=O)O)C(=O)O)c2c3c(sc2n1)CCCC3. The van der Waals surface area contributed by atoms with Gasteiger partial charge in [-0.05, 0) is 37.5 Å². The van der Waals surface area contributed by atoms with Crippen LogP contribution in [0.1, 0.15) is 29.7 Å². The lowest BCUT2D eigenvalue weighted by Crippen LogP contribution is -2.32. The van der Waals surface area contributed by atoms with E-state index in [0.29, 0.717) is 11.0 Å². The Morgan fingerprint density at radius 2 is 2.04 bits per heavy atom. The molecule has 0 bridgehead atoms. The summed E-state index contributed by atoms with van der Waals surface area (Å²) < 4.78 is 0. The average Bonchev–Trinajstić information content (AvgIpc) is 2.91. The fourth-order valence-electron chi connectivity index (χ4n) is 2.87. The van der Waals surface area contributed by atoms with Gasteiger partial charge in [-0.1, -0.05) is 11.8 Å². The Hall–Kier alpha value is -1.87. The molecule has 0 aromatic carbocycles. The average molecular weight is 367 g/mol. The number of thioether (sulfide) groups is 1. The maximum Gasteiger partial charge on any atom is 0.326 e. The molecule has 0 aliphatic heterocycles. The summed E-state index contributed by atoms with van der Waals surface area (Å²) in [5, 5.41) is 22.5. The zero-order valence-corrected chi connectivity index (χ0v) is 14.7. The van der Waals surface area contributed by atoms with Gasteiger partial charge < -0.3 is 15.5 Å². The maximum absolute atomic E-state index is 11.4. The standard InChI is InChI=1S/C15H17N3O4S2/c1-23-15-17-12(16-8(14(21)22)6-10(19)20)11-7-4-2-3-5-9(7)24-13(11)18-15/h8H,2-6H2,1H3,(H,19,20)(H,21,22)(H,16,17,18). The monoisotopic (exact) mass is 367 g/mol. The molecule has 2 aromatic rings. The van der Waals surface area contributed by atoms with Crippen molar-refractivity contribution in [1.29, 1.82) is 0 Å². The van der Waals surface area contributed by atoms with Crippen LogP contribution in [0.25, 0.3) is 10.2 Å². The number of aryl methyl sites for hydroxylation is 2. The second-order valence-corrected chi connectivity index (χ2v) is 7.44. The zero-order valence-electron chi connectivity index (χ0n) is 13.0. The van der Waals surface area contributed by atoms with Gasteiger partial charge >= 0.3 is 11.9 Å². The highest BCUT2D eigenvalue weighted by Gasteiger charge is 2.26. The van der Waals surface area contributed by atoms with Crippen molar-refractivity contribution in [3.05, 3.63) is 10.4 Å². The third-order valence-electron chi connectivity index (χ3n) is 3.96. The number of anilines is 1. The van der Waals surface area contributed by atoms with Gasteiger partial charge in [0.15, 0.2) is 5.16 Å². The van der Waals surface area contributed by atoms with Gasteiger partial charge in [-0.25, -0.2) is 14.8 Å². The van der Waals surface area contributed by atoms with E-state index >= 15 is 0 Å². The Balaban J connectivity index is 2.09. The molecule has 2 aromatic heterocycles. The second kappa shape index (κ2) is 6.94. The smallest absolute Gasteiger partial charge is 0.326 e. The number of hydrogen-bond acceptors (Lipinski definition) is 7. The largest absolute Gasteiger partial charge is 0.481 e. The van der Waals surface area contributed by atoms with Crippen LogP contribution >= 0.6 is 23.1 Å². The molecule has 128 valence electrons. The summed E-state index contributed by atoms with van der Waals surface area (Å²) in [5.74, 6) is -1.95. The fourth-order valence-corrected chi connectivity index (χ4v) is 4.56. The Bertz CT molecular complexity index is 806. The Morgan fingerprint density at radius 1 is 1.29 bits per heavy atom. The van der Waals surface area contributed by atoms with Crippen LogP contribution in [0.4, 0.5) is 5.82 Å². The van der Waals surface area contributed by atoms with Crippen LogP contribution in [-0.4, -0.2) is 44.4 Å². The van der Waals surface area contributed by atoms with Crippen LogP contribution in [0.3, 0.4) is 0 Å². The maximum atomic E-state index is 11.4. The highest BCUT2D eigenvalue weighted by Crippen LogP contribution is 2.39. The molecule has 0 spiro atoms. The highest BCUT2D eigenvalue weighted by atomic mass is 32.2. The van der Waals surface area contributed by atoms with Crippen LogP contribution in [-0.2, 0) is 22.4 Å². The lowest BCUT2D eigenvalue weighted by molar-refractivity contribution is -0.144. The molecule has 0 saturated carbocycles. The number of hydrogen-bond donors (Lipinski definition) is 3. The Kier molecular flexibility index (Phi) is 4.91. The van der Waals surface area contributed by atoms with E-state index in [1.165, 1.54) is 22.2 Å². The van der Waals surface area contributed by atoms with Gasteiger partial charge in [0.2, 0.25) is 0 Å². The quantitative estimate of drug-likeness (QED) is 0.528. The summed E-state index contributed by atoms with van der Waals surface area (Å²) in [5.41, 5.74) is 1.18. The molecule has 3 N–H and O–H groups in total. The molecule has 1 atom stereocenters. The van der Waals surface area contributed by atoms with E-state index in [4.69, 9.17) is 5.11 Å². The number of carbonyl (C=O) groups is 2. The van der Waals surface area contributed by atoms with E-state index in [9.17, 15) is 14.7 Å². The summed E-state index contributed by atoms with van der Waals surface area (Å²) in [4.78, 5) is 33.4. The summed E-state index contributed by atoms with van der Waals surface area (Å²) in [6.45, 7) is 0. The predicted octanol–water partition coefficient (Wildman–Crippen LogP) is 2.63. The number of fused-ring (bicyclic) bond motifs is 3. The van der Waals surface area contributed by atoms with Gasteiger partial charge in [0, 0.05) is 4.88 Å². The Morgan fingerprint density at radius 3 is 2.71 bits per heavy atom. The first-order valence-corrected chi connectivity index (χ1v) is 9.61. The van der Waals surface area contributed by atoms with Gasteiger partial charge in [0.1, 0.15) is 16.7 Å². The molecule has 0 saturated heterocycles. The minimum absolute atomic E-state index is 0.428. The van der Waals surface area contributed by atoms with E-state index in [1.807, 2.05) is 6.26 Å². The molecule has 1 aliphatic carbocycles. The molecule has 1 aliphatic rings. The number of thiophene rings is 1. The van der Waals surface area contributed by atoms with Crippen molar-refractivity contribution in [2.24, 2.45) is 0 Å². The van der Waals surface area contributed by atoms with Gasteiger partial charge in [-0.2, -0.15) is 0 Å². The summed E-state index contributed by atoms with van der Waals surface area (Å²) in [6.07, 6.45) is 5.49. The highest BCUT2D eigenvalue weighted by molar-refractivity contribution is 7.98. The number of aromatic nitrogens is 2. The van der Waals surface area contributed by atoms with E-state index in [2.05, 4.69) is 15.3 Å². The van der Waals surface area contributed by atoms with Crippen LogP contribution in [0.5, 0.6) is 0 Å². The predicted molar refractivity (Wildman–Crippen MR) is 93.1 cm³/mol. The van der Waals surface area contributed by atoms with Gasteiger partial charge in [-0.15, -0.1) is 11.3 Å². The number of nitrogens with one attached hydrogen (secondary N) is 1. The van der Waals surface area contributed by atoms with Crippen molar-refractivity contribution in [3.8, 4) is 0 Å². The molecule has 0 radical (unpaired) electrons. The molecular weight excluding hydrogens is 350 g/mol. The number of nitrogens with zero attached hydrogens (tertiary/aromatic N) is 2. The molecule has 1 unspecified atom stereocenters. The van der Waals surface area contributed by atoms with E-state index in [0.717, 1.165) is 35.9 Å². The lowest BCUT2D eigenvalue weighted by Gasteiger charge is -2.16. The van der Waals surface area contributed by atoms with Crippen LogP contribution in [0, 0.1) is 0 Å². The topological polar surface area (TPSA) is 112 Å². The first kappa shape index (κ1) is 17.0. The molecule has 0 amide bonds. The van der Waals surface area contributed by atoms with Crippen molar-refractivity contribution < 1.29 is 19.8 Å². The van der Waals surface area contributed by atoms with Crippen molar-refractivity contribution in [3.63, 3.8) is 0 Å². The van der Waals surface area contributed by atoms with Crippen molar-refractivity contribution in [1.82, 2.24) is 9.97 Å². The molecule has 7 nitrogen and oxygen atoms in total. The van der Waals surface area contributed by atoms with Crippen molar-refractivity contribution >= 4 is 51.1 Å². The van der Waals surface area contributed by atoms with Crippen molar-refractivity contribution in [2.75, 3.05) is 11.6 Å². The number of rotatable bonds is 6. The van der Waals surface area contributed by atoms with Gasteiger partial charge in [0.25, 0.3) is 0 Å². The van der Waals surface area contributed by atoms with Gasteiger partial charge in [-0.3, -0.25) is 4.79 Å². The number of aliphatic carboxylic acids is 2. The van der Waals surface area contributed by atoms with Gasteiger partial charge in [0.05, 0.1) is 11.8 Å². The first-order valence-electron chi connectivity index (χ1n) is 7.57. The van der Waals surface area contributed by atoms with E-state index < -0.39 is 24.4 Å². The molecular formula is C15H17N3O4S2. The normalized spacial score (nSPS) is 15.0. The number of carboxylic acids is 2. The molecule has 3 rings (SSSR count). The van der Waals surface area contributed by atoms with Crippen LogP contribution < -0.4 is 5.32 Å². The first-order chi connectivity index (χ1) is 11.5. The molecule has 9 heteroatoms. The Labute approximate surface area is 146 Å². The van der Waals surface area contributed by atoms with Crippen LogP contribution in [0.2, 0.25) is 0 Å². The third-order valence-corrected chi connectivity index (χ3v) is 5.70. The summed E-state index contributed by atoms with van der Waals surface area (Å²) >= 11 is 3.00. The minimum Gasteiger partial charge on any atom is -0.481 e. The summed E-state index contributed by atoms with van der Waals surface area (Å²) in [7, 11) is 0. The van der Waals surface area contributed by atoms with E-state index in [-0.39, 0.29) is 0 Å². The molecule has 24 heavy (non-hydrogen) atoms. The molecule has 0 fully saturated rings. The fraction of sp³-hybridized carbons (Fsp3) is 0.467. The third kappa shape index (κ3) is 3.32. The zero-order chi connectivity index (χ0) is 17.3. The number of carboxylic acid groups (broad SMARTS) is 2. The second-order valence-electron chi connectivity index (χ2n) is 5.58. The minimum atomic E-state index is -1.23. The van der Waals surface area contributed by atoms with Crippen molar-refractivity contribution in [2.45, 2.75) is 43.3 Å².